The van der Waals surface area contributed by atoms with Crippen LogP contribution < -0.4 is 10.2 Å². The second-order valence-electron chi connectivity index (χ2n) is 6.81. The van der Waals surface area contributed by atoms with Gasteiger partial charge in [-0.3, -0.25) is 4.79 Å². The lowest BCUT2D eigenvalue weighted by Gasteiger charge is -2.30. The number of halogens is 2. The molecule has 0 radical (unpaired) electrons. The number of piperidine rings is 1. The summed E-state index contributed by atoms with van der Waals surface area (Å²) in [5.41, 5.74) is 2.48. The lowest BCUT2D eigenvalue weighted by atomic mass is 10.1. The number of benzene rings is 2. The Hall–Kier alpha value is -2.43. The van der Waals surface area contributed by atoms with Gasteiger partial charge in [-0.05, 0) is 61.7 Å². The van der Waals surface area contributed by atoms with E-state index in [1.54, 1.807) is 30.3 Å². The maximum absolute atomic E-state index is 12.8. The van der Waals surface area contributed by atoms with Crippen molar-refractivity contribution in [1.82, 2.24) is 0 Å². The molecule has 144 valence electrons. The topological polar surface area (TPSA) is 45.5 Å². The number of nitrogens with zero attached hydrogens (tertiary/aromatic N) is 1. The van der Waals surface area contributed by atoms with E-state index in [0.29, 0.717) is 21.4 Å². The third-order valence-corrected chi connectivity index (χ3v) is 5.44. The summed E-state index contributed by atoms with van der Waals surface area (Å²) >= 11 is 12.3. The van der Waals surface area contributed by atoms with Crippen molar-refractivity contribution in [1.29, 1.82) is 0 Å². The van der Waals surface area contributed by atoms with Crippen molar-refractivity contribution >= 4 is 40.5 Å². The van der Waals surface area contributed by atoms with Crippen LogP contribution in [0.1, 0.15) is 29.8 Å². The fourth-order valence-electron chi connectivity index (χ4n) is 3.46. The molecule has 1 aromatic heterocycles. The zero-order chi connectivity index (χ0) is 19.5. The number of rotatable bonds is 4. The normalized spacial score (nSPS) is 14.1. The molecule has 0 spiro atoms. The highest BCUT2D eigenvalue weighted by molar-refractivity contribution is 6.35. The van der Waals surface area contributed by atoms with Crippen LogP contribution in [0, 0.1) is 0 Å². The number of nitrogens with one attached hydrogen (secondary N) is 1. The van der Waals surface area contributed by atoms with E-state index in [1.165, 1.54) is 19.3 Å². The summed E-state index contributed by atoms with van der Waals surface area (Å²) in [6.07, 6.45) is 3.60. The highest BCUT2D eigenvalue weighted by atomic mass is 35.5. The van der Waals surface area contributed by atoms with E-state index < -0.39 is 0 Å². The van der Waals surface area contributed by atoms with Crippen molar-refractivity contribution in [2.24, 2.45) is 0 Å². The molecular formula is C22H20Cl2N2O2. The Morgan fingerprint density at radius 3 is 2.57 bits per heavy atom. The van der Waals surface area contributed by atoms with Gasteiger partial charge in [-0.1, -0.05) is 35.3 Å². The number of carbonyl (C=O) groups excluding carboxylic acids is 1. The van der Waals surface area contributed by atoms with Gasteiger partial charge in [0.1, 0.15) is 5.76 Å². The largest absolute Gasteiger partial charge is 0.451 e. The van der Waals surface area contributed by atoms with Crippen molar-refractivity contribution < 1.29 is 9.21 Å². The molecule has 1 saturated heterocycles. The number of anilines is 2. The van der Waals surface area contributed by atoms with Crippen LogP contribution in [0.15, 0.2) is 59.0 Å². The van der Waals surface area contributed by atoms with Crippen LogP contribution in [-0.4, -0.2) is 19.0 Å². The molecular weight excluding hydrogens is 395 g/mol. The highest BCUT2D eigenvalue weighted by Gasteiger charge is 2.18. The van der Waals surface area contributed by atoms with E-state index in [-0.39, 0.29) is 11.7 Å². The van der Waals surface area contributed by atoms with Gasteiger partial charge in [-0.25, -0.2) is 0 Å². The standard InChI is InChI=1S/C22H20Cl2N2O2/c23-15-8-9-17(24)16(14-15)20-10-11-21(28-20)22(27)25-18-6-2-3-7-19(18)26-12-4-1-5-13-26/h2-3,6-11,14H,1,4-5,12-13H2,(H,25,27). The maximum Gasteiger partial charge on any atom is 0.291 e. The molecule has 0 saturated carbocycles. The summed E-state index contributed by atoms with van der Waals surface area (Å²) in [6, 6.07) is 16.4. The van der Waals surface area contributed by atoms with Crippen molar-refractivity contribution in [3.8, 4) is 11.3 Å². The van der Waals surface area contributed by atoms with Gasteiger partial charge in [0.25, 0.3) is 5.91 Å². The summed E-state index contributed by atoms with van der Waals surface area (Å²) in [6.45, 7) is 2.01. The van der Waals surface area contributed by atoms with Crippen molar-refractivity contribution in [3.05, 3.63) is 70.4 Å². The maximum atomic E-state index is 12.8. The Balaban J connectivity index is 1.55. The molecule has 1 N–H and O–H groups in total. The van der Waals surface area contributed by atoms with E-state index in [0.717, 1.165) is 24.5 Å². The molecule has 3 aromatic rings. The van der Waals surface area contributed by atoms with Gasteiger partial charge in [-0.2, -0.15) is 0 Å². The van der Waals surface area contributed by atoms with Crippen molar-refractivity contribution in [2.45, 2.75) is 19.3 Å². The Kier molecular flexibility index (Phi) is 5.60. The minimum Gasteiger partial charge on any atom is -0.451 e. The molecule has 0 atom stereocenters. The number of hydrogen-bond donors (Lipinski definition) is 1. The molecule has 4 rings (SSSR count). The quantitative estimate of drug-likeness (QED) is 0.529. The molecule has 1 aliphatic heterocycles. The number of carbonyl (C=O) groups is 1. The predicted octanol–water partition coefficient (Wildman–Crippen LogP) is 6.50. The third kappa shape index (κ3) is 4.03. The van der Waals surface area contributed by atoms with Gasteiger partial charge in [-0.15, -0.1) is 0 Å². The fraction of sp³-hybridized carbons (Fsp3) is 0.227. The Morgan fingerprint density at radius 2 is 1.75 bits per heavy atom. The van der Waals surface area contributed by atoms with E-state index in [9.17, 15) is 4.79 Å². The molecule has 4 nitrogen and oxygen atoms in total. The van der Waals surface area contributed by atoms with Crippen LogP contribution in [0.3, 0.4) is 0 Å². The first kappa shape index (κ1) is 18.9. The fourth-order valence-corrected chi connectivity index (χ4v) is 3.85. The van der Waals surface area contributed by atoms with E-state index in [4.69, 9.17) is 27.6 Å². The Morgan fingerprint density at radius 1 is 0.964 bits per heavy atom. The van der Waals surface area contributed by atoms with E-state index in [1.807, 2.05) is 24.3 Å². The molecule has 0 unspecified atom stereocenters. The highest BCUT2D eigenvalue weighted by Crippen LogP contribution is 2.33. The first-order chi connectivity index (χ1) is 13.6. The van der Waals surface area contributed by atoms with Crippen LogP contribution in [0.4, 0.5) is 11.4 Å². The minimum absolute atomic E-state index is 0.222. The van der Waals surface area contributed by atoms with Gasteiger partial charge >= 0.3 is 0 Å². The molecule has 2 aromatic carbocycles. The summed E-state index contributed by atoms with van der Waals surface area (Å²) in [7, 11) is 0. The average Bonchev–Trinajstić information content (AvgIpc) is 3.21. The molecule has 28 heavy (non-hydrogen) atoms. The number of amides is 1. The third-order valence-electron chi connectivity index (χ3n) is 4.87. The van der Waals surface area contributed by atoms with E-state index in [2.05, 4.69) is 10.2 Å². The molecule has 1 amide bonds. The van der Waals surface area contributed by atoms with Gasteiger partial charge in [0, 0.05) is 23.7 Å². The smallest absolute Gasteiger partial charge is 0.291 e. The second kappa shape index (κ2) is 8.29. The first-order valence-corrected chi connectivity index (χ1v) is 10.1. The number of furan rings is 1. The number of hydrogen-bond acceptors (Lipinski definition) is 3. The molecule has 0 aliphatic carbocycles. The first-order valence-electron chi connectivity index (χ1n) is 9.32. The molecule has 1 fully saturated rings. The molecule has 6 heteroatoms. The van der Waals surface area contributed by atoms with Crippen LogP contribution in [0.2, 0.25) is 10.0 Å². The zero-order valence-electron chi connectivity index (χ0n) is 15.3. The van der Waals surface area contributed by atoms with Crippen LogP contribution in [0.5, 0.6) is 0 Å². The predicted molar refractivity (Wildman–Crippen MR) is 115 cm³/mol. The van der Waals surface area contributed by atoms with Crippen molar-refractivity contribution in [3.63, 3.8) is 0 Å². The Labute approximate surface area is 174 Å². The summed E-state index contributed by atoms with van der Waals surface area (Å²) < 4.78 is 5.76. The lowest BCUT2D eigenvalue weighted by Crippen LogP contribution is -2.30. The zero-order valence-corrected chi connectivity index (χ0v) is 16.8. The minimum atomic E-state index is -0.297. The van der Waals surface area contributed by atoms with Gasteiger partial charge in [0.05, 0.1) is 16.4 Å². The summed E-state index contributed by atoms with van der Waals surface area (Å²) in [5.74, 6) is 0.426. The van der Waals surface area contributed by atoms with Crippen molar-refractivity contribution in [2.75, 3.05) is 23.3 Å². The summed E-state index contributed by atoms with van der Waals surface area (Å²) in [4.78, 5) is 15.1. The monoisotopic (exact) mass is 414 g/mol. The second-order valence-corrected chi connectivity index (χ2v) is 7.65. The lowest BCUT2D eigenvalue weighted by molar-refractivity contribution is 0.0997. The molecule has 1 aliphatic rings. The number of para-hydroxylation sites is 2. The van der Waals surface area contributed by atoms with E-state index >= 15 is 0 Å². The Bertz CT molecular complexity index is 994. The molecule has 2 heterocycles. The van der Waals surface area contributed by atoms with Gasteiger partial charge in [0.15, 0.2) is 5.76 Å². The van der Waals surface area contributed by atoms with Gasteiger partial charge in [0.2, 0.25) is 0 Å². The van der Waals surface area contributed by atoms with Crippen LogP contribution in [-0.2, 0) is 0 Å². The molecule has 0 bridgehead atoms. The van der Waals surface area contributed by atoms with Gasteiger partial charge < -0.3 is 14.6 Å². The summed E-state index contributed by atoms with van der Waals surface area (Å²) in [5, 5.41) is 4.05. The SMILES string of the molecule is O=C(Nc1ccccc1N1CCCCC1)c1ccc(-c2cc(Cl)ccc2Cl)o1. The van der Waals surface area contributed by atoms with Crippen LogP contribution in [0.25, 0.3) is 11.3 Å². The van der Waals surface area contributed by atoms with Crippen LogP contribution >= 0.6 is 23.2 Å². The average molecular weight is 415 g/mol.